The fourth-order valence-electron chi connectivity index (χ4n) is 4.37. The topological polar surface area (TPSA) is 80.7 Å². The average Bonchev–Trinajstić information content (AvgIpc) is 3.40. The van der Waals surface area contributed by atoms with Gasteiger partial charge in [0.2, 0.25) is 0 Å². The van der Waals surface area contributed by atoms with Crippen molar-refractivity contribution in [2.45, 2.75) is 12.5 Å². The summed E-state index contributed by atoms with van der Waals surface area (Å²) in [6.45, 7) is -0.0266. The van der Waals surface area contributed by atoms with Gasteiger partial charge in [-0.05, 0) is 53.6 Å². The molecule has 1 heterocycles. The normalized spacial score (nSPS) is 14.6. The molecule has 8 nitrogen and oxygen atoms in total. The number of amides is 2. The molecule has 0 saturated heterocycles. The first-order chi connectivity index (χ1) is 18.8. The Morgan fingerprint density at radius 2 is 1.69 bits per heavy atom. The summed E-state index contributed by atoms with van der Waals surface area (Å²) in [5.74, 6) is -0.882. The number of methoxy groups -OCH3 is 3. The summed E-state index contributed by atoms with van der Waals surface area (Å²) in [5, 5.41) is 5.93. The van der Waals surface area contributed by atoms with Crippen LogP contribution in [0.1, 0.15) is 33.9 Å². The van der Waals surface area contributed by atoms with E-state index < -0.39 is 23.7 Å². The minimum Gasteiger partial charge on any atom is -0.493 e. The molecule has 0 fully saturated rings. The van der Waals surface area contributed by atoms with E-state index in [1.807, 2.05) is 6.07 Å². The van der Waals surface area contributed by atoms with E-state index >= 15 is 0 Å². The first-order valence-electron chi connectivity index (χ1n) is 12.3. The first-order valence-corrected chi connectivity index (χ1v) is 12.3. The van der Waals surface area contributed by atoms with E-state index in [9.17, 15) is 18.4 Å². The van der Waals surface area contributed by atoms with Gasteiger partial charge in [0, 0.05) is 25.6 Å². The Hall–Kier alpha value is -4.31. The highest BCUT2D eigenvalue weighted by Crippen LogP contribution is 2.37. The summed E-state index contributed by atoms with van der Waals surface area (Å²) in [4.78, 5) is 28.2. The predicted molar refractivity (Wildman–Crippen MR) is 141 cm³/mol. The Labute approximate surface area is 225 Å². The molecule has 0 aliphatic carbocycles. The summed E-state index contributed by atoms with van der Waals surface area (Å²) in [7, 11) is 4.54. The molecule has 3 aromatic rings. The van der Waals surface area contributed by atoms with Crippen LogP contribution in [0.3, 0.4) is 0 Å². The lowest BCUT2D eigenvalue weighted by atomic mass is 9.98. The molecule has 0 bridgehead atoms. The minimum absolute atomic E-state index is 0.112. The van der Waals surface area contributed by atoms with Crippen LogP contribution in [-0.4, -0.2) is 68.5 Å². The highest BCUT2D eigenvalue weighted by Gasteiger charge is 2.35. The van der Waals surface area contributed by atoms with E-state index in [1.165, 1.54) is 61.6 Å². The van der Waals surface area contributed by atoms with Crippen LogP contribution < -0.4 is 9.47 Å². The second kappa shape index (κ2) is 12.5. The number of rotatable bonds is 10. The van der Waals surface area contributed by atoms with E-state index in [1.54, 1.807) is 24.3 Å². The van der Waals surface area contributed by atoms with Crippen molar-refractivity contribution in [1.82, 2.24) is 9.91 Å². The Morgan fingerprint density at radius 3 is 2.36 bits per heavy atom. The van der Waals surface area contributed by atoms with Crippen LogP contribution in [0.5, 0.6) is 11.5 Å². The van der Waals surface area contributed by atoms with Crippen LogP contribution >= 0.6 is 0 Å². The molecule has 1 unspecified atom stereocenters. The van der Waals surface area contributed by atoms with E-state index in [0.717, 1.165) is 11.6 Å². The zero-order valence-electron chi connectivity index (χ0n) is 21.9. The van der Waals surface area contributed by atoms with E-state index in [4.69, 9.17) is 14.2 Å². The van der Waals surface area contributed by atoms with Gasteiger partial charge in [0.15, 0.2) is 11.5 Å². The van der Waals surface area contributed by atoms with E-state index in [2.05, 4.69) is 5.10 Å². The largest absolute Gasteiger partial charge is 0.493 e. The van der Waals surface area contributed by atoms with Crippen LogP contribution in [0.4, 0.5) is 8.78 Å². The van der Waals surface area contributed by atoms with Gasteiger partial charge in [0.25, 0.3) is 11.8 Å². The lowest BCUT2D eigenvalue weighted by Crippen LogP contribution is -2.42. The van der Waals surface area contributed by atoms with Gasteiger partial charge < -0.3 is 19.1 Å². The van der Waals surface area contributed by atoms with Crippen molar-refractivity contribution >= 4 is 17.5 Å². The molecule has 3 aromatic carbocycles. The number of carbonyl (C=O) groups excluding carboxylic acids is 2. The fourth-order valence-corrected chi connectivity index (χ4v) is 4.37. The Kier molecular flexibility index (Phi) is 8.88. The lowest BCUT2D eigenvalue weighted by Gasteiger charge is -2.27. The molecule has 1 aliphatic heterocycles. The zero-order valence-corrected chi connectivity index (χ0v) is 21.9. The molecule has 4 rings (SSSR count). The maximum absolute atomic E-state index is 13.8. The lowest BCUT2D eigenvalue weighted by molar-refractivity contribution is -0.133. The quantitative estimate of drug-likeness (QED) is 0.382. The summed E-state index contributed by atoms with van der Waals surface area (Å²) in [6, 6.07) is 16.0. The first kappa shape index (κ1) is 27.7. The number of hydrazone groups is 1. The van der Waals surface area contributed by atoms with Crippen molar-refractivity contribution in [2.24, 2.45) is 5.10 Å². The van der Waals surface area contributed by atoms with Gasteiger partial charge in [-0.25, -0.2) is 13.8 Å². The van der Waals surface area contributed by atoms with Gasteiger partial charge in [0.05, 0.1) is 32.6 Å². The van der Waals surface area contributed by atoms with Crippen LogP contribution in [0, 0.1) is 11.6 Å². The molecular weight excluding hydrogens is 508 g/mol. The Balaban J connectivity index is 1.67. The molecule has 0 saturated carbocycles. The smallest absolute Gasteiger partial charge is 0.262 e. The SMILES string of the molecule is COCCN(CC(=O)N1N=C(c2ccc(F)cc2)CC1c1ccc(OC)c(OC)c1)C(=O)c1cccc(F)c1. The number of benzene rings is 3. The maximum atomic E-state index is 13.8. The fraction of sp³-hybridized carbons (Fsp3) is 0.276. The number of halogens is 2. The van der Waals surface area contributed by atoms with E-state index in [0.29, 0.717) is 29.2 Å². The van der Waals surface area contributed by atoms with Gasteiger partial charge >= 0.3 is 0 Å². The molecule has 1 atom stereocenters. The highest BCUT2D eigenvalue weighted by molar-refractivity contribution is 6.03. The van der Waals surface area contributed by atoms with Gasteiger partial charge in [-0.1, -0.05) is 24.3 Å². The van der Waals surface area contributed by atoms with Crippen LogP contribution in [0.25, 0.3) is 0 Å². The van der Waals surface area contributed by atoms with Crippen LogP contribution in [0.2, 0.25) is 0 Å². The standard InChI is InChI=1S/C29H29F2N3O5/c1-37-14-13-33(29(36)21-5-4-6-23(31)15-21)18-28(35)34-25(20-9-12-26(38-2)27(16-20)39-3)17-24(32-34)19-7-10-22(30)11-8-19/h4-12,15-16,25H,13-14,17-18H2,1-3H3. The number of hydrogen-bond acceptors (Lipinski definition) is 6. The molecule has 10 heteroatoms. The third-order valence-electron chi connectivity index (χ3n) is 6.39. The summed E-state index contributed by atoms with van der Waals surface area (Å²) in [5.41, 5.74) is 2.11. The van der Waals surface area contributed by atoms with Crippen molar-refractivity contribution in [3.63, 3.8) is 0 Å². The second-order valence-corrected chi connectivity index (χ2v) is 8.86. The molecule has 39 heavy (non-hydrogen) atoms. The summed E-state index contributed by atoms with van der Waals surface area (Å²) >= 11 is 0. The average molecular weight is 538 g/mol. The monoisotopic (exact) mass is 537 g/mol. The molecule has 2 amide bonds. The number of nitrogens with zero attached hydrogens (tertiary/aromatic N) is 3. The third kappa shape index (κ3) is 6.40. The van der Waals surface area contributed by atoms with Gasteiger partial charge in [-0.15, -0.1) is 0 Å². The molecule has 0 radical (unpaired) electrons. The van der Waals surface area contributed by atoms with Gasteiger partial charge in [-0.3, -0.25) is 9.59 Å². The molecule has 1 aliphatic rings. The molecule has 0 N–H and O–H groups in total. The second-order valence-electron chi connectivity index (χ2n) is 8.86. The maximum Gasteiger partial charge on any atom is 0.262 e. The zero-order chi connectivity index (χ0) is 27.9. The van der Waals surface area contributed by atoms with Gasteiger partial charge in [0.1, 0.15) is 18.2 Å². The van der Waals surface area contributed by atoms with Gasteiger partial charge in [-0.2, -0.15) is 5.10 Å². The summed E-state index contributed by atoms with van der Waals surface area (Å²) in [6.07, 6.45) is 0.350. The Bertz CT molecular complexity index is 1360. The number of hydrogen-bond donors (Lipinski definition) is 0. The number of ether oxygens (including phenoxy) is 3. The minimum atomic E-state index is -0.555. The number of carbonyl (C=O) groups is 2. The third-order valence-corrected chi connectivity index (χ3v) is 6.39. The van der Waals surface area contributed by atoms with Crippen LogP contribution in [-0.2, 0) is 9.53 Å². The van der Waals surface area contributed by atoms with Crippen molar-refractivity contribution in [3.8, 4) is 11.5 Å². The van der Waals surface area contributed by atoms with Crippen molar-refractivity contribution in [3.05, 3.63) is 95.1 Å². The van der Waals surface area contributed by atoms with Crippen molar-refractivity contribution in [2.75, 3.05) is 41.0 Å². The molecule has 0 aromatic heterocycles. The predicted octanol–water partition coefficient (Wildman–Crippen LogP) is 4.45. The molecular formula is C29H29F2N3O5. The summed E-state index contributed by atoms with van der Waals surface area (Å²) < 4.78 is 43.3. The van der Waals surface area contributed by atoms with Crippen LogP contribution in [0.15, 0.2) is 71.8 Å². The molecule has 204 valence electrons. The van der Waals surface area contributed by atoms with Crippen molar-refractivity contribution < 1.29 is 32.6 Å². The van der Waals surface area contributed by atoms with E-state index in [-0.39, 0.29) is 31.1 Å². The molecule has 0 spiro atoms. The highest BCUT2D eigenvalue weighted by atomic mass is 19.1. The Morgan fingerprint density at radius 1 is 0.949 bits per heavy atom. The van der Waals surface area contributed by atoms with Crippen molar-refractivity contribution in [1.29, 1.82) is 0 Å².